The summed E-state index contributed by atoms with van der Waals surface area (Å²) >= 11 is 0. The second-order valence-corrected chi connectivity index (χ2v) is 8.83. The van der Waals surface area contributed by atoms with Gasteiger partial charge in [-0.15, -0.1) is 14.3 Å². The Morgan fingerprint density at radius 2 is 2.06 bits per heavy atom. The lowest BCUT2D eigenvalue weighted by molar-refractivity contribution is 0.108. The van der Waals surface area contributed by atoms with Gasteiger partial charge in [0.1, 0.15) is 6.61 Å². The Morgan fingerprint density at radius 3 is 2.91 bits per heavy atom. The number of benzene rings is 1. The highest BCUT2D eigenvalue weighted by Crippen LogP contribution is 2.28. The molecule has 1 aliphatic carbocycles. The molecule has 32 heavy (non-hydrogen) atoms. The van der Waals surface area contributed by atoms with Crippen molar-refractivity contribution >= 4 is 37.3 Å². The SMILES string of the molecule is CCOCCOc1ccc2cc(-n3nnc4cnc(NC5CC[C@@H](P)C5)nc43)ccc2n1. The number of fused-ring (bicyclic) bond motifs is 2. The molecule has 0 radical (unpaired) electrons. The number of rotatable bonds is 8. The molecule has 0 amide bonds. The molecule has 1 saturated carbocycles. The van der Waals surface area contributed by atoms with E-state index in [1.54, 1.807) is 10.9 Å². The van der Waals surface area contributed by atoms with Crippen LogP contribution in [0.15, 0.2) is 36.5 Å². The Bertz CT molecular complexity index is 1230. The zero-order valence-electron chi connectivity index (χ0n) is 17.9. The Labute approximate surface area is 188 Å². The normalized spacial score (nSPS) is 18.4. The minimum Gasteiger partial charge on any atom is -0.475 e. The summed E-state index contributed by atoms with van der Waals surface area (Å²) in [4.78, 5) is 13.7. The number of nitrogens with one attached hydrogen (secondary N) is 1. The fourth-order valence-corrected chi connectivity index (χ4v) is 4.48. The Kier molecular flexibility index (Phi) is 6.10. The summed E-state index contributed by atoms with van der Waals surface area (Å²) in [5, 5.41) is 13.0. The van der Waals surface area contributed by atoms with Crippen molar-refractivity contribution in [1.82, 2.24) is 29.9 Å². The number of aromatic nitrogens is 6. The molecule has 3 heterocycles. The molecule has 3 atom stereocenters. The summed E-state index contributed by atoms with van der Waals surface area (Å²) < 4.78 is 12.7. The van der Waals surface area contributed by atoms with Crippen molar-refractivity contribution in [1.29, 1.82) is 0 Å². The summed E-state index contributed by atoms with van der Waals surface area (Å²) in [6.45, 7) is 3.66. The van der Waals surface area contributed by atoms with E-state index in [1.807, 2.05) is 37.3 Å². The van der Waals surface area contributed by atoms with E-state index >= 15 is 0 Å². The van der Waals surface area contributed by atoms with E-state index in [4.69, 9.17) is 14.5 Å². The van der Waals surface area contributed by atoms with Gasteiger partial charge in [-0.25, -0.2) is 9.97 Å². The van der Waals surface area contributed by atoms with Gasteiger partial charge < -0.3 is 14.8 Å². The van der Waals surface area contributed by atoms with Crippen LogP contribution in [-0.2, 0) is 4.74 Å². The van der Waals surface area contributed by atoms with Gasteiger partial charge >= 0.3 is 0 Å². The summed E-state index contributed by atoms with van der Waals surface area (Å²) in [5.41, 5.74) is 3.69. The molecule has 1 aromatic carbocycles. The number of ether oxygens (including phenoxy) is 2. The monoisotopic (exact) mass is 451 g/mol. The van der Waals surface area contributed by atoms with Gasteiger partial charge in [-0.2, -0.15) is 9.67 Å². The molecule has 3 aromatic heterocycles. The Balaban J connectivity index is 1.38. The molecule has 5 rings (SSSR count). The molecule has 1 N–H and O–H groups in total. The van der Waals surface area contributed by atoms with E-state index in [-0.39, 0.29) is 0 Å². The number of pyridine rings is 1. The molecule has 4 aromatic rings. The van der Waals surface area contributed by atoms with E-state index in [1.165, 1.54) is 6.42 Å². The molecule has 0 spiro atoms. The third-order valence-electron chi connectivity index (χ3n) is 5.57. The number of hydrogen-bond acceptors (Lipinski definition) is 8. The van der Waals surface area contributed by atoms with Gasteiger partial charge in [0, 0.05) is 24.1 Å². The quantitative estimate of drug-likeness (QED) is 0.322. The molecular formula is C22H26N7O2P. The Hall–Kier alpha value is -2.90. The smallest absolute Gasteiger partial charge is 0.225 e. The summed E-state index contributed by atoms with van der Waals surface area (Å²) in [7, 11) is 2.91. The predicted molar refractivity (Wildman–Crippen MR) is 127 cm³/mol. The molecule has 0 saturated heterocycles. The van der Waals surface area contributed by atoms with Crippen molar-refractivity contribution < 1.29 is 9.47 Å². The van der Waals surface area contributed by atoms with Gasteiger partial charge in [0.25, 0.3) is 0 Å². The van der Waals surface area contributed by atoms with Crippen molar-refractivity contribution in [3.63, 3.8) is 0 Å². The molecule has 10 heteroatoms. The van der Waals surface area contributed by atoms with Crippen LogP contribution in [0, 0.1) is 0 Å². The molecule has 1 aliphatic rings. The van der Waals surface area contributed by atoms with Crippen LogP contribution < -0.4 is 10.1 Å². The molecule has 2 unspecified atom stereocenters. The van der Waals surface area contributed by atoms with Gasteiger partial charge in [-0.1, -0.05) is 5.21 Å². The lowest BCUT2D eigenvalue weighted by Gasteiger charge is -2.12. The minimum atomic E-state index is 0.399. The van der Waals surface area contributed by atoms with Crippen LogP contribution in [0.1, 0.15) is 26.2 Å². The van der Waals surface area contributed by atoms with E-state index < -0.39 is 0 Å². The average Bonchev–Trinajstić information content (AvgIpc) is 3.42. The zero-order valence-corrected chi connectivity index (χ0v) is 19.1. The molecule has 0 aliphatic heterocycles. The van der Waals surface area contributed by atoms with Crippen LogP contribution >= 0.6 is 9.24 Å². The maximum Gasteiger partial charge on any atom is 0.225 e. The highest BCUT2D eigenvalue weighted by molar-refractivity contribution is 7.17. The van der Waals surface area contributed by atoms with Crippen molar-refractivity contribution in [3.8, 4) is 11.6 Å². The average molecular weight is 451 g/mol. The first-order valence-electron chi connectivity index (χ1n) is 10.9. The van der Waals surface area contributed by atoms with Crippen LogP contribution in [-0.4, -0.2) is 61.5 Å². The van der Waals surface area contributed by atoms with Crippen molar-refractivity contribution in [2.45, 2.75) is 37.9 Å². The second kappa shape index (κ2) is 9.30. The van der Waals surface area contributed by atoms with Crippen molar-refractivity contribution in [2.75, 3.05) is 25.1 Å². The van der Waals surface area contributed by atoms with Crippen molar-refractivity contribution in [3.05, 3.63) is 36.5 Å². The van der Waals surface area contributed by atoms with Gasteiger partial charge in [0.15, 0.2) is 11.2 Å². The first kappa shape index (κ1) is 21.0. The first-order chi connectivity index (χ1) is 15.7. The maximum atomic E-state index is 5.66. The number of anilines is 1. The van der Waals surface area contributed by atoms with E-state index in [9.17, 15) is 0 Å². The third-order valence-corrected chi connectivity index (χ3v) is 6.18. The highest BCUT2D eigenvalue weighted by Gasteiger charge is 2.22. The lowest BCUT2D eigenvalue weighted by Crippen LogP contribution is -2.17. The van der Waals surface area contributed by atoms with E-state index in [2.05, 4.69) is 34.8 Å². The third kappa shape index (κ3) is 4.49. The number of hydrogen-bond donors (Lipinski definition) is 1. The molecule has 1 fully saturated rings. The molecule has 0 bridgehead atoms. The maximum absolute atomic E-state index is 5.66. The standard InChI is InChI=1S/C22H26N7O2P/c1-2-30-9-10-31-20-8-3-14-11-16(5-7-18(14)25-20)29-21-19(27-28-29)13-23-22(26-21)24-15-4-6-17(32)12-15/h3,5,7-8,11,13,15,17H,2,4,6,9-10,12,32H2,1H3,(H,23,24,26)/t15?,17-/m1/s1. The lowest BCUT2D eigenvalue weighted by atomic mass is 10.2. The fraction of sp³-hybridized carbons (Fsp3) is 0.409. The summed E-state index contributed by atoms with van der Waals surface area (Å²) in [6.07, 6.45) is 5.16. The van der Waals surface area contributed by atoms with E-state index in [0.29, 0.717) is 54.5 Å². The molecule has 9 nitrogen and oxygen atoms in total. The Morgan fingerprint density at radius 1 is 1.12 bits per heavy atom. The number of nitrogens with zero attached hydrogens (tertiary/aromatic N) is 6. The van der Waals surface area contributed by atoms with Crippen LogP contribution in [0.25, 0.3) is 27.8 Å². The van der Waals surface area contributed by atoms with Crippen molar-refractivity contribution in [2.24, 2.45) is 0 Å². The van der Waals surface area contributed by atoms with Gasteiger partial charge in [-0.3, -0.25) is 0 Å². The van der Waals surface area contributed by atoms with Crippen LogP contribution in [0.5, 0.6) is 5.88 Å². The predicted octanol–water partition coefficient (Wildman–Crippen LogP) is 3.38. The van der Waals surface area contributed by atoms with Gasteiger partial charge in [-0.05, 0) is 56.1 Å². The van der Waals surface area contributed by atoms with Crippen LogP contribution in [0.2, 0.25) is 0 Å². The zero-order chi connectivity index (χ0) is 21.9. The van der Waals surface area contributed by atoms with E-state index in [0.717, 1.165) is 29.4 Å². The highest BCUT2D eigenvalue weighted by atomic mass is 31.0. The topological polar surface area (TPSA) is 99.9 Å². The second-order valence-electron chi connectivity index (χ2n) is 7.89. The first-order valence-corrected chi connectivity index (χ1v) is 11.6. The largest absolute Gasteiger partial charge is 0.475 e. The van der Waals surface area contributed by atoms with Crippen LogP contribution in [0.3, 0.4) is 0 Å². The summed E-state index contributed by atoms with van der Waals surface area (Å²) in [6, 6.07) is 10.2. The fourth-order valence-electron chi connectivity index (χ4n) is 3.96. The minimum absolute atomic E-state index is 0.399. The molecular weight excluding hydrogens is 425 g/mol. The summed E-state index contributed by atoms with van der Waals surface area (Å²) in [5.74, 6) is 1.20. The van der Waals surface area contributed by atoms with Gasteiger partial charge in [0.2, 0.25) is 11.8 Å². The van der Waals surface area contributed by atoms with Gasteiger partial charge in [0.05, 0.1) is 24.0 Å². The van der Waals surface area contributed by atoms with Crippen LogP contribution in [0.4, 0.5) is 5.95 Å². The molecule has 166 valence electrons.